The number of anilines is 1. The van der Waals surface area contributed by atoms with Crippen molar-refractivity contribution in [3.05, 3.63) is 60.5 Å². The van der Waals surface area contributed by atoms with E-state index in [4.69, 9.17) is 4.74 Å². The number of alkyl halides is 3. The Kier molecular flexibility index (Phi) is 7.52. The summed E-state index contributed by atoms with van der Waals surface area (Å²) in [6.45, 7) is 5.17. The lowest BCUT2D eigenvalue weighted by molar-refractivity contribution is -0.137. The Morgan fingerprint density at radius 1 is 1.20 bits per heavy atom. The highest BCUT2D eigenvalue weighted by molar-refractivity contribution is 9.10. The second kappa shape index (κ2) is 9.34. The number of halogens is 4. The average Bonchev–Trinajstić information content (AvgIpc) is 2.69. The zero-order valence-electron chi connectivity index (χ0n) is 17.5. The number of pyridine rings is 1. The van der Waals surface area contributed by atoms with Crippen molar-refractivity contribution in [3.8, 4) is 0 Å². The molecule has 0 aliphatic rings. The number of hydrogen-bond donors (Lipinski definition) is 1. The van der Waals surface area contributed by atoms with Gasteiger partial charge in [0.2, 0.25) is 5.43 Å². The van der Waals surface area contributed by atoms with E-state index in [1.807, 2.05) is 0 Å². The van der Waals surface area contributed by atoms with E-state index in [0.29, 0.717) is 28.2 Å². The van der Waals surface area contributed by atoms with Gasteiger partial charge in [0.25, 0.3) is 5.91 Å². The van der Waals surface area contributed by atoms with Crippen LogP contribution in [-0.2, 0) is 37.4 Å². The number of carbonyl (C=O) groups excluding carboxylic acids is 1. The molecule has 30 heavy (non-hydrogen) atoms. The summed E-state index contributed by atoms with van der Waals surface area (Å²) in [5.41, 5.74) is 0.644. The Morgan fingerprint density at radius 3 is 2.17 bits per heavy atom. The molecule has 0 aliphatic heterocycles. The first-order valence-electron chi connectivity index (χ1n) is 9.39. The van der Waals surface area contributed by atoms with Crippen molar-refractivity contribution in [2.45, 2.75) is 46.4 Å². The predicted octanol–water partition coefficient (Wildman–Crippen LogP) is 5.00. The third-order valence-electron chi connectivity index (χ3n) is 5.08. The van der Waals surface area contributed by atoms with Crippen molar-refractivity contribution in [2.75, 3.05) is 12.4 Å². The van der Waals surface area contributed by atoms with Crippen LogP contribution in [0.4, 0.5) is 18.9 Å². The summed E-state index contributed by atoms with van der Waals surface area (Å²) < 4.78 is 46.8. The number of ether oxygens (including phenoxy) is 1. The minimum atomic E-state index is -4.49. The lowest BCUT2D eigenvalue weighted by atomic mass is 9.98. The van der Waals surface area contributed by atoms with E-state index in [2.05, 4.69) is 21.2 Å². The topological polar surface area (TPSA) is 60.3 Å². The standard InChI is InChI=1S/C21H24BrF3N2O3/c1-6-12-8-14(21(23,24)25)9-13(7-2)18(12)26-20(29)16-15(10-30-5)27(4)11(3)17(22)19(16)28/h8-9H,6-7,10H2,1-5H3,(H,26,29). The Bertz CT molecular complexity index is 1000. The van der Waals surface area contributed by atoms with Gasteiger partial charge in [-0.15, -0.1) is 0 Å². The van der Waals surface area contributed by atoms with Gasteiger partial charge in [0.15, 0.2) is 0 Å². The van der Waals surface area contributed by atoms with Gasteiger partial charge in [-0.2, -0.15) is 13.2 Å². The monoisotopic (exact) mass is 488 g/mol. The molecule has 0 atom stereocenters. The first-order valence-corrected chi connectivity index (χ1v) is 10.2. The van der Waals surface area contributed by atoms with E-state index in [0.717, 1.165) is 12.1 Å². The number of nitrogens with one attached hydrogen (secondary N) is 1. The van der Waals surface area contributed by atoms with Crippen molar-refractivity contribution in [1.29, 1.82) is 0 Å². The van der Waals surface area contributed by atoms with Gasteiger partial charge in [-0.1, -0.05) is 13.8 Å². The SMILES string of the molecule is CCc1cc(C(F)(F)F)cc(CC)c1NC(=O)c1c(COC)n(C)c(C)c(Br)c1=O. The molecule has 164 valence electrons. The number of methoxy groups -OCH3 is 1. The quantitative estimate of drug-likeness (QED) is 0.622. The number of rotatable bonds is 6. The molecule has 1 amide bonds. The number of amides is 1. The molecule has 0 radical (unpaired) electrons. The molecule has 0 saturated heterocycles. The van der Waals surface area contributed by atoms with Crippen LogP contribution in [0.3, 0.4) is 0 Å². The first kappa shape index (κ1) is 24.1. The van der Waals surface area contributed by atoms with Gasteiger partial charge in [-0.3, -0.25) is 9.59 Å². The number of carbonyl (C=O) groups is 1. The normalized spacial score (nSPS) is 11.6. The second-order valence-corrected chi connectivity index (χ2v) is 7.66. The van der Waals surface area contributed by atoms with Crippen LogP contribution in [0.2, 0.25) is 0 Å². The number of nitrogens with zero attached hydrogens (tertiary/aromatic N) is 1. The van der Waals surface area contributed by atoms with Crippen LogP contribution in [-0.4, -0.2) is 17.6 Å². The lowest BCUT2D eigenvalue weighted by Gasteiger charge is -2.20. The molecule has 1 heterocycles. The molecule has 0 bridgehead atoms. The van der Waals surface area contributed by atoms with E-state index >= 15 is 0 Å². The zero-order chi connectivity index (χ0) is 22.8. The van der Waals surface area contributed by atoms with Crippen molar-refractivity contribution in [2.24, 2.45) is 7.05 Å². The zero-order valence-corrected chi connectivity index (χ0v) is 19.0. The van der Waals surface area contributed by atoms with Crippen LogP contribution >= 0.6 is 15.9 Å². The molecule has 0 aliphatic carbocycles. The summed E-state index contributed by atoms with van der Waals surface area (Å²) in [5.74, 6) is -0.687. The van der Waals surface area contributed by atoms with E-state index in [1.165, 1.54) is 7.11 Å². The summed E-state index contributed by atoms with van der Waals surface area (Å²) in [6.07, 6.45) is -3.92. The third kappa shape index (κ3) is 4.62. The molecule has 9 heteroatoms. The fraction of sp³-hybridized carbons (Fsp3) is 0.429. The van der Waals surface area contributed by atoms with Gasteiger partial charge in [-0.25, -0.2) is 0 Å². The highest BCUT2D eigenvalue weighted by atomic mass is 79.9. The fourth-order valence-corrected chi connectivity index (χ4v) is 3.75. The molecule has 2 aromatic rings. The Labute approximate surface area is 181 Å². The summed E-state index contributed by atoms with van der Waals surface area (Å²) in [4.78, 5) is 26.0. The van der Waals surface area contributed by atoms with Crippen LogP contribution in [0.5, 0.6) is 0 Å². The van der Waals surface area contributed by atoms with Gasteiger partial charge in [0.1, 0.15) is 5.56 Å². The minimum Gasteiger partial charge on any atom is -0.378 e. The van der Waals surface area contributed by atoms with Crippen molar-refractivity contribution in [1.82, 2.24) is 4.57 Å². The van der Waals surface area contributed by atoms with Gasteiger partial charge < -0.3 is 14.6 Å². The van der Waals surface area contributed by atoms with E-state index in [1.54, 1.807) is 32.4 Å². The molecule has 1 aromatic heterocycles. The maximum absolute atomic E-state index is 13.2. The first-order chi connectivity index (χ1) is 14.0. The molecule has 0 fully saturated rings. The van der Waals surface area contributed by atoms with E-state index in [-0.39, 0.29) is 29.5 Å². The highest BCUT2D eigenvalue weighted by Gasteiger charge is 2.32. The average molecular weight is 489 g/mol. The summed E-state index contributed by atoms with van der Waals surface area (Å²) in [5, 5.41) is 2.69. The molecule has 0 unspecified atom stereocenters. The number of benzene rings is 1. The van der Waals surface area contributed by atoms with Gasteiger partial charge in [-0.05, 0) is 59.0 Å². The molecule has 0 spiro atoms. The molecule has 0 saturated carbocycles. The van der Waals surface area contributed by atoms with Crippen LogP contribution in [0.25, 0.3) is 0 Å². The van der Waals surface area contributed by atoms with E-state index in [9.17, 15) is 22.8 Å². The Balaban J connectivity index is 2.65. The minimum absolute atomic E-state index is 0.0247. The highest BCUT2D eigenvalue weighted by Crippen LogP contribution is 2.35. The van der Waals surface area contributed by atoms with E-state index < -0.39 is 23.1 Å². The molecule has 2 rings (SSSR count). The molecule has 1 aromatic carbocycles. The van der Waals surface area contributed by atoms with Gasteiger partial charge >= 0.3 is 6.18 Å². The van der Waals surface area contributed by atoms with Crippen LogP contribution < -0.4 is 10.7 Å². The largest absolute Gasteiger partial charge is 0.416 e. The van der Waals surface area contributed by atoms with Crippen LogP contribution in [0.1, 0.15) is 52.3 Å². The lowest BCUT2D eigenvalue weighted by Crippen LogP contribution is -2.29. The fourth-order valence-electron chi connectivity index (χ4n) is 3.29. The third-order valence-corrected chi connectivity index (χ3v) is 6.01. The van der Waals surface area contributed by atoms with Crippen molar-refractivity contribution in [3.63, 3.8) is 0 Å². The van der Waals surface area contributed by atoms with Crippen molar-refractivity contribution < 1.29 is 22.7 Å². The Morgan fingerprint density at radius 2 is 1.73 bits per heavy atom. The number of aromatic nitrogens is 1. The Hall–Kier alpha value is -2.13. The predicted molar refractivity (Wildman–Crippen MR) is 113 cm³/mol. The van der Waals surface area contributed by atoms with Crippen LogP contribution in [0, 0.1) is 6.92 Å². The summed E-state index contributed by atoms with van der Waals surface area (Å²) >= 11 is 3.23. The number of hydrogen-bond acceptors (Lipinski definition) is 3. The second-order valence-electron chi connectivity index (χ2n) is 6.87. The number of aryl methyl sites for hydroxylation is 2. The van der Waals surface area contributed by atoms with Gasteiger partial charge in [0.05, 0.1) is 22.3 Å². The maximum atomic E-state index is 13.2. The smallest absolute Gasteiger partial charge is 0.378 e. The molecular formula is C21H24BrF3N2O3. The van der Waals surface area contributed by atoms with Gasteiger partial charge in [0, 0.05) is 25.5 Å². The molecular weight excluding hydrogens is 465 g/mol. The van der Waals surface area contributed by atoms with Crippen molar-refractivity contribution >= 4 is 27.5 Å². The molecule has 5 nitrogen and oxygen atoms in total. The van der Waals surface area contributed by atoms with Crippen LogP contribution in [0.15, 0.2) is 21.4 Å². The maximum Gasteiger partial charge on any atom is 0.416 e. The summed E-state index contributed by atoms with van der Waals surface area (Å²) in [6, 6.07) is 2.07. The summed E-state index contributed by atoms with van der Waals surface area (Å²) in [7, 11) is 3.15. The molecule has 1 N–H and O–H groups in total.